The van der Waals surface area contributed by atoms with Crippen molar-refractivity contribution in [1.29, 1.82) is 0 Å². The van der Waals surface area contributed by atoms with Crippen LogP contribution in [0.1, 0.15) is 55.5 Å². The predicted octanol–water partition coefficient (Wildman–Crippen LogP) is 8.18. The average molecular weight is 420 g/mol. The molecule has 0 fully saturated rings. The van der Waals surface area contributed by atoms with Crippen LogP contribution < -0.4 is 0 Å². The molecule has 0 aliphatic heterocycles. The molecule has 1 heterocycles. The highest BCUT2D eigenvalue weighted by Crippen LogP contribution is 2.43. The largest absolute Gasteiger partial charge is 0.255 e. The van der Waals surface area contributed by atoms with Crippen LogP contribution in [-0.4, -0.2) is 4.98 Å². The second kappa shape index (κ2) is 8.20. The lowest BCUT2D eigenvalue weighted by Gasteiger charge is -2.17. The van der Waals surface area contributed by atoms with Crippen molar-refractivity contribution in [3.05, 3.63) is 88.6 Å². The van der Waals surface area contributed by atoms with E-state index < -0.39 is 0 Å². The zero-order valence-electron chi connectivity index (χ0n) is 20.0. The maximum absolute atomic E-state index is 5.13. The summed E-state index contributed by atoms with van der Waals surface area (Å²) in [6.45, 7) is 11.4. The lowest BCUT2D eigenvalue weighted by molar-refractivity contribution is 0.646. The molecule has 1 aliphatic rings. The maximum atomic E-state index is 5.13. The van der Waals surface area contributed by atoms with Crippen LogP contribution in [0.5, 0.6) is 0 Å². The second-order valence-electron chi connectivity index (χ2n) is 10.4. The molecule has 0 saturated carbocycles. The number of aryl methyl sites for hydroxylation is 1. The van der Waals surface area contributed by atoms with Crippen LogP contribution in [0.25, 0.3) is 33.2 Å². The van der Waals surface area contributed by atoms with Gasteiger partial charge in [-0.3, -0.25) is 4.98 Å². The van der Waals surface area contributed by atoms with Crippen LogP contribution in [0.4, 0.5) is 0 Å². The quantitative estimate of drug-likeness (QED) is 0.280. The SMILES string of the molecule is Cc1cc2c(c(-c3ncc(CC(C)C)c4ccc(CC(C)C)cc34)c1)Cc1ccccc1-2. The molecule has 4 aromatic rings. The normalized spacial score (nSPS) is 12.6. The molecule has 1 nitrogen and oxygen atoms in total. The molecule has 0 bridgehead atoms. The fraction of sp³-hybridized carbons (Fsp3) is 0.323. The number of hydrogen-bond acceptors (Lipinski definition) is 1. The average Bonchev–Trinajstić information content (AvgIpc) is 3.11. The van der Waals surface area contributed by atoms with Crippen LogP contribution in [0.15, 0.2) is 60.8 Å². The molecule has 0 radical (unpaired) electrons. The van der Waals surface area contributed by atoms with Crippen LogP contribution in [0.3, 0.4) is 0 Å². The van der Waals surface area contributed by atoms with Gasteiger partial charge in [-0.1, -0.05) is 70.2 Å². The third-order valence-corrected chi connectivity index (χ3v) is 6.63. The number of nitrogens with zero attached hydrogens (tertiary/aromatic N) is 1. The van der Waals surface area contributed by atoms with Gasteiger partial charge in [-0.2, -0.15) is 0 Å². The lowest BCUT2D eigenvalue weighted by Crippen LogP contribution is -2.01. The Labute approximate surface area is 192 Å². The molecular weight excluding hydrogens is 386 g/mol. The summed E-state index contributed by atoms with van der Waals surface area (Å²) in [6.07, 6.45) is 5.28. The van der Waals surface area contributed by atoms with E-state index in [9.17, 15) is 0 Å². The van der Waals surface area contributed by atoms with Gasteiger partial charge in [0.05, 0.1) is 5.69 Å². The predicted molar refractivity (Wildman–Crippen MR) is 137 cm³/mol. The highest BCUT2D eigenvalue weighted by Gasteiger charge is 2.24. The summed E-state index contributed by atoms with van der Waals surface area (Å²) >= 11 is 0. The highest BCUT2D eigenvalue weighted by atomic mass is 14.7. The van der Waals surface area contributed by atoms with Crippen molar-refractivity contribution in [2.24, 2.45) is 11.8 Å². The van der Waals surface area contributed by atoms with Crippen molar-refractivity contribution in [2.75, 3.05) is 0 Å². The van der Waals surface area contributed by atoms with Gasteiger partial charge < -0.3 is 0 Å². The Kier molecular flexibility index (Phi) is 5.37. The number of rotatable bonds is 5. The molecule has 1 heteroatoms. The Balaban J connectivity index is 1.75. The van der Waals surface area contributed by atoms with E-state index in [0.717, 1.165) is 25.0 Å². The Morgan fingerprint density at radius 2 is 1.53 bits per heavy atom. The minimum absolute atomic E-state index is 0.610. The number of fused-ring (bicyclic) bond motifs is 4. The number of benzene rings is 3. The summed E-state index contributed by atoms with van der Waals surface area (Å²) < 4.78 is 0. The van der Waals surface area contributed by atoms with E-state index >= 15 is 0 Å². The minimum atomic E-state index is 0.610. The molecule has 0 atom stereocenters. The molecular formula is C31H33N. The maximum Gasteiger partial charge on any atom is 0.0783 e. The zero-order chi connectivity index (χ0) is 22.4. The third kappa shape index (κ3) is 3.75. The van der Waals surface area contributed by atoms with Crippen LogP contribution in [0, 0.1) is 18.8 Å². The van der Waals surface area contributed by atoms with E-state index in [4.69, 9.17) is 4.98 Å². The Morgan fingerprint density at radius 1 is 0.781 bits per heavy atom. The van der Waals surface area contributed by atoms with E-state index in [1.807, 2.05) is 0 Å². The molecule has 162 valence electrons. The summed E-state index contributed by atoms with van der Waals surface area (Å²) in [7, 11) is 0. The first-order chi connectivity index (χ1) is 15.4. The summed E-state index contributed by atoms with van der Waals surface area (Å²) in [6, 6.07) is 20.6. The van der Waals surface area contributed by atoms with Gasteiger partial charge in [0, 0.05) is 17.1 Å². The number of pyridine rings is 1. The van der Waals surface area contributed by atoms with Crippen molar-refractivity contribution in [3.8, 4) is 22.4 Å². The van der Waals surface area contributed by atoms with E-state index in [1.165, 1.54) is 55.3 Å². The molecule has 32 heavy (non-hydrogen) atoms. The van der Waals surface area contributed by atoms with Crippen LogP contribution in [0.2, 0.25) is 0 Å². The van der Waals surface area contributed by atoms with Crippen molar-refractivity contribution in [3.63, 3.8) is 0 Å². The van der Waals surface area contributed by atoms with Gasteiger partial charge >= 0.3 is 0 Å². The standard InChI is InChI=1S/C31H33N/c1-19(2)12-22-10-11-26-24(13-20(3)4)18-32-31(30(26)16-22)29-15-21(5)14-27-25-9-7-6-8-23(25)17-28(27)29/h6-11,14-16,18-20H,12-13,17H2,1-5H3. The lowest BCUT2D eigenvalue weighted by atomic mass is 9.90. The molecule has 0 amide bonds. The van der Waals surface area contributed by atoms with Gasteiger partial charge in [-0.25, -0.2) is 0 Å². The van der Waals surface area contributed by atoms with E-state index in [-0.39, 0.29) is 0 Å². The number of aromatic nitrogens is 1. The number of hydrogen-bond donors (Lipinski definition) is 0. The van der Waals surface area contributed by atoms with Gasteiger partial charge in [0.25, 0.3) is 0 Å². The molecule has 0 saturated heterocycles. The fourth-order valence-corrected chi connectivity index (χ4v) is 5.35. The topological polar surface area (TPSA) is 12.9 Å². The molecule has 1 aliphatic carbocycles. The molecule has 3 aromatic carbocycles. The van der Waals surface area contributed by atoms with E-state index in [2.05, 4.69) is 95.4 Å². The van der Waals surface area contributed by atoms with E-state index in [1.54, 1.807) is 0 Å². The monoisotopic (exact) mass is 419 g/mol. The summed E-state index contributed by atoms with van der Waals surface area (Å²) in [5.74, 6) is 1.25. The molecule has 5 rings (SSSR count). The van der Waals surface area contributed by atoms with Crippen LogP contribution in [-0.2, 0) is 19.3 Å². The summed E-state index contributed by atoms with van der Waals surface area (Å²) in [4.78, 5) is 5.13. The van der Waals surface area contributed by atoms with Gasteiger partial charge in [0.1, 0.15) is 0 Å². The minimum Gasteiger partial charge on any atom is -0.255 e. The van der Waals surface area contributed by atoms with Gasteiger partial charge in [0.2, 0.25) is 0 Å². The third-order valence-electron chi connectivity index (χ3n) is 6.63. The molecule has 1 aromatic heterocycles. The van der Waals surface area contributed by atoms with Crippen molar-refractivity contribution in [2.45, 2.75) is 53.9 Å². The molecule has 0 unspecified atom stereocenters. The van der Waals surface area contributed by atoms with E-state index in [0.29, 0.717) is 11.8 Å². The first-order valence-electron chi connectivity index (χ1n) is 12.0. The Hall–Kier alpha value is -2.93. The van der Waals surface area contributed by atoms with Gasteiger partial charge in [-0.15, -0.1) is 0 Å². The Bertz CT molecular complexity index is 1310. The van der Waals surface area contributed by atoms with Crippen molar-refractivity contribution < 1.29 is 0 Å². The summed E-state index contributed by atoms with van der Waals surface area (Å²) in [5, 5.41) is 2.67. The van der Waals surface area contributed by atoms with Gasteiger partial charge in [0.15, 0.2) is 0 Å². The van der Waals surface area contributed by atoms with Gasteiger partial charge in [-0.05, 0) is 94.5 Å². The first kappa shape index (κ1) is 20.9. The first-order valence-corrected chi connectivity index (χ1v) is 12.0. The van der Waals surface area contributed by atoms with Crippen molar-refractivity contribution in [1.82, 2.24) is 4.98 Å². The summed E-state index contributed by atoms with van der Waals surface area (Å²) in [5.41, 5.74) is 12.1. The zero-order valence-corrected chi connectivity index (χ0v) is 20.0. The van der Waals surface area contributed by atoms with Crippen molar-refractivity contribution >= 4 is 10.8 Å². The smallest absolute Gasteiger partial charge is 0.0783 e. The second-order valence-corrected chi connectivity index (χ2v) is 10.4. The Morgan fingerprint density at radius 3 is 2.31 bits per heavy atom. The fourth-order valence-electron chi connectivity index (χ4n) is 5.35. The van der Waals surface area contributed by atoms with Crippen LogP contribution >= 0.6 is 0 Å². The molecule has 0 spiro atoms. The molecule has 0 N–H and O–H groups in total. The highest BCUT2D eigenvalue weighted by molar-refractivity contribution is 5.99.